The molecule has 2 aliphatic rings. The number of hydrogen-bond acceptors (Lipinski definition) is 4. The Morgan fingerprint density at radius 1 is 1.14 bits per heavy atom. The van der Waals surface area contributed by atoms with Crippen LogP contribution in [0.3, 0.4) is 0 Å². The van der Waals surface area contributed by atoms with Crippen LogP contribution in [0.1, 0.15) is 33.6 Å². The number of amides is 3. The van der Waals surface area contributed by atoms with E-state index >= 15 is 0 Å². The summed E-state index contributed by atoms with van der Waals surface area (Å²) in [7, 11) is 0. The molecule has 1 N–H and O–H groups in total. The number of benzene rings is 1. The predicted octanol–water partition coefficient (Wildman–Crippen LogP) is 1.60. The molecule has 7 heteroatoms. The molecule has 0 radical (unpaired) electrons. The quantitative estimate of drug-likeness (QED) is 0.857. The summed E-state index contributed by atoms with van der Waals surface area (Å²) in [5.41, 5.74) is 0.710. The molecule has 0 aromatic heterocycles. The molecular weight excluding hydrogens is 288 g/mol. The molecule has 0 spiro atoms. The lowest BCUT2D eigenvalue weighted by Gasteiger charge is -2.30. The topological polar surface area (TPSA) is 87.2 Å². The van der Waals surface area contributed by atoms with Gasteiger partial charge in [0, 0.05) is 13.1 Å². The molecule has 3 amide bonds. The first kappa shape index (κ1) is 14.5. The van der Waals surface area contributed by atoms with Crippen molar-refractivity contribution in [2.75, 3.05) is 19.7 Å². The highest BCUT2D eigenvalue weighted by atomic mass is 16.7. The first-order valence-electron chi connectivity index (χ1n) is 7.16. The molecule has 22 heavy (non-hydrogen) atoms. The zero-order chi connectivity index (χ0) is 15.7. The molecular formula is C15H16N2O5. The summed E-state index contributed by atoms with van der Waals surface area (Å²) in [5.74, 6) is -0.743. The highest BCUT2D eigenvalue weighted by molar-refractivity contribution is 6.20. The van der Waals surface area contributed by atoms with Crippen LogP contribution in [0.4, 0.5) is 4.79 Å². The highest BCUT2D eigenvalue weighted by Crippen LogP contribution is 2.24. The van der Waals surface area contributed by atoms with E-state index in [0.29, 0.717) is 37.1 Å². The zero-order valence-corrected chi connectivity index (χ0v) is 11.9. The van der Waals surface area contributed by atoms with Gasteiger partial charge in [-0.05, 0) is 30.9 Å². The van der Waals surface area contributed by atoms with E-state index in [4.69, 9.17) is 9.94 Å². The van der Waals surface area contributed by atoms with E-state index in [0.717, 1.165) is 5.06 Å². The van der Waals surface area contributed by atoms with Gasteiger partial charge in [0.2, 0.25) is 0 Å². The molecule has 2 aliphatic heterocycles. The van der Waals surface area contributed by atoms with Crippen LogP contribution < -0.4 is 0 Å². The number of piperidine rings is 1. The van der Waals surface area contributed by atoms with Crippen molar-refractivity contribution < 1.29 is 24.3 Å². The molecule has 1 aromatic rings. The number of carboxylic acid groups (broad SMARTS) is 1. The second kappa shape index (κ2) is 5.76. The molecule has 1 aromatic carbocycles. The SMILES string of the molecule is O=C(O)N1CCC(CON2C(=O)c3ccccc3C2=O)CC1. The van der Waals surface area contributed by atoms with E-state index in [-0.39, 0.29) is 12.5 Å². The smallest absolute Gasteiger partial charge is 0.407 e. The number of carbonyl (C=O) groups is 3. The van der Waals surface area contributed by atoms with E-state index < -0.39 is 17.9 Å². The Morgan fingerprint density at radius 2 is 1.68 bits per heavy atom. The number of imide groups is 1. The maximum atomic E-state index is 12.1. The Morgan fingerprint density at radius 3 is 2.18 bits per heavy atom. The van der Waals surface area contributed by atoms with Gasteiger partial charge >= 0.3 is 6.09 Å². The number of likely N-dealkylation sites (tertiary alicyclic amines) is 1. The molecule has 0 unspecified atom stereocenters. The second-order valence-electron chi connectivity index (χ2n) is 5.46. The number of nitrogens with zero attached hydrogens (tertiary/aromatic N) is 2. The minimum atomic E-state index is -0.917. The number of hydrogen-bond donors (Lipinski definition) is 1. The minimum Gasteiger partial charge on any atom is -0.465 e. The molecule has 0 bridgehead atoms. The number of rotatable bonds is 3. The monoisotopic (exact) mass is 304 g/mol. The van der Waals surface area contributed by atoms with Crippen LogP contribution in [-0.4, -0.2) is 52.7 Å². The minimum absolute atomic E-state index is 0.139. The largest absolute Gasteiger partial charge is 0.465 e. The van der Waals surface area contributed by atoms with Crippen LogP contribution in [0.25, 0.3) is 0 Å². The maximum absolute atomic E-state index is 12.1. The summed E-state index contributed by atoms with van der Waals surface area (Å²) >= 11 is 0. The van der Waals surface area contributed by atoms with E-state index in [1.807, 2.05) is 0 Å². The molecule has 116 valence electrons. The lowest BCUT2D eigenvalue weighted by molar-refractivity contribution is -0.107. The summed E-state index contributed by atoms with van der Waals surface area (Å²) < 4.78 is 0. The average molecular weight is 304 g/mol. The third-order valence-electron chi connectivity index (χ3n) is 4.08. The fourth-order valence-corrected chi connectivity index (χ4v) is 2.76. The van der Waals surface area contributed by atoms with Crippen molar-refractivity contribution in [1.82, 2.24) is 9.96 Å². The van der Waals surface area contributed by atoms with Crippen LogP contribution in [0.15, 0.2) is 24.3 Å². The lowest BCUT2D eigenvalue weighted by atomic mass is 9.98. The van der Waals surface area contributed by atoms with Crippen molar-refractivity contribution >= 4 is 17.9 Å². The third kappa shape index (κ3) is 2.55. The van der Waals surface area contributed by atoms with Gasteiger partial charge in [0.25, 0.3) is 11.8 Å². The van der Waals surface area contributed by atoms with Crippen molar-refractivity contribution in [3.63, 3.8) is 0 Å². The maximum Gasteiger partial charge on any atom is 0.407 e. The molecule has 1 fully saturated rings. The molecule has 7 nitrogen and oxygen atoms in total. The summed E-state index contributed by atoms with van der Waals surface area (Å²) in [4.78, 5) is 41.8. The van der Waals surface area contributed by atoms with Gasteiger partial charge in [0.15, 0.2) is 0 Å². The Bertz CT molecular complexity index is 587. The zero-order valence-electron chi connectivity index (χ0n) is 11.9. The average Bonchev–Trinajstić information content (AvgIpc) is 2.78. The third-order valence-corrected chi connectivity index (χ3v) is 4.08. The summed E-state index contributed by atoms with van der Waals surface area (Å²) in [6.07, 6.45) is 0.407. The van der Waals surface area contributed by atoms with Crippen molar-refractivity contribution in [2.45, 2.75) is 12.8 Å². The second-order valence-corrected chi connectivity index (χ2v) is 5.46. The molecule has 0 saturated carbocycles. The van der Waals surface area contributed by atoms with Gasteiger partial charge in [0.1, 0.15) is 0 Å². The molecule has 0 aliphatic carbocycles. The van der Waals surface area contributed by atoms with Gasteiger partial charge in [-0.1, -0.05) is 12.1 Å². The van der Waals surface area contributed by atoms with Gasteiger partial charge in [0.05, 0.1) is 17.7 Å². The van der Waals surface area contributed by atoms with Gasteiger partial charge < -0.3 is 10.0 Å². The fraction of sp³-hybridized carbons (Fsp3) is 0.400. The number of fused-ring (bicyclic) bond motifs is 1. The van der Waals surface area contributed by atoms with Crippen LogP contribution in [0.2, 0.25) is 0 Å². The van der Waals surface area contributed by atoms with E-state index in [1.165, 1.54) is 4.90 Å². The molecule has 0 atom stereocenters. The van der Waals surface area contributed by atoms with Gasteiger partial charge in [-0.15, -0.1) is 5.06 Å². The van der Waals surface area contributed by atoms with Crippen LogP contribution in [-0.2, 0) is 4.84 Å². The van der Waals surface area contributed by atoms with Crippen molar-refractivity contribution in [3.8, 4) is 0 Å². The van der Waals surface area contributed by atoms with Gasteiger partial charge in [-0.25, -0.2) is 4.79 Å². The van der Waals surface area contributed by atoms with Crippen molar-refractivity contribution in [2.24, 2.45) is 5.92 Å². The Hall–Kier alpha value is -2.41. The predicted molar refractivity (Wildman–Crippen MR) is 75.2 cm³/mol. The van der Waals surface area contributed by atoms with Gasteiger partial charge in [-0.2, -0.15) is 0 Å². The Labute approximate surface area is 127 Å². The normalized spacial score (nSPS) is 18.7. The first-order chi connectivity index (χ1) is 10.6. The van der Waals surface area contributed by atoms with Crippen LogP contribution >= 0.6 is 0 Å². The number of carbonyl (C=O) groups excluding carboxylic acids is 2. The number of hydroxylamine groups is 2. The standard InChI is InChI=1S/C15H16N2O5/c18-13-11-3-1-2-4-12(11)14(19)17(13)22-9-10-5-7-16(8-6-10)15(20)21/h1-4,10H,5-9H2,(H,20,21). The highest BCUT2D eigenvalue weighted by Gasteiger charge is 2.37. The van der Waals surface area contributed by atoms with E-state index in [2.05, 4.69) is 0 Å². The van der Waals surface area contributed by atoms with E-state index in [9.17, 15) is 14.4 Å². The van der Waals surface area contributed by atoms with E-state index in [1.54, 1.807) is 24.3 Å². The summed E-state index contributed by atoms with van der Waals surface area (Å²) in [6.45, 7) is 1.13. The van der Waals surface area contributed by atoms with Crippen LogP contribution in [0, 0.1) is 5.92 Å². The molecule has 3 rings (SSSR count). The Balaban J connectivity index is 1.56. The van der Waals surface area contributed by atoms with Gasteiger partial charge in [-0.3, -0.25) is 14.4 Å². The van der Waals surface area contributed by atoms with Crippen LogP contribution in [0.5, 0.6) is 0 Å². The fourth-order valence-electron chi connectivity index (χ4n) is 2.76. The summed E-state index contributed by atoms with van der Waals surface area (Å²) in [5, 5.41) is 9.71. The summed E-state index contributed by atoms with van der Waals surface area (Å²) in [6, 6.07) is 6.61. The Kier molecular flexibility index (Phi) is 3.81. The lowest BCUT2D eigenvalue weighted by Crippen LogP contribution is -2.40. The molecule has 2 heterocycles. The molecule has 1 saturated heterocycles. The van der Waals surface area contributed by atoms with Crippen molar-refractivity contribution in [3.05, 3.63) is 35.4 Å². The first-order valence-corrected chi connectivity index (χ1v) is 7.16. The van der Waals surface area contributed by atoms with Crippen molar-refractivity contribution in [1.29, 1.82) is 0 Å².